The molecule has 1 aliphatic heterocycles. The largest absolute Gasteiger partial charge is 0.348 e. The fraction of sp³-hybridized carbons (Fsp3) is 0.375. The van der Waals surface area contributed by atoms with Crippen molar-refractivity contribution < 1.29 is 22.0 Å². The number of hydrogen-bond donors (Lipinski definition) is 2. The zero-order chi connectivity index (χ0) is 33.6. The van der Waals surface area contributed by atoms with Gasteiger partial charge in [0.05, 0.1) is 22.0 Å². The Balaban J connectivity index is 1.55. The summed E-state index contributed by atoms with van der Waals surface area (Å²) in [6.45, 7) is 3.06. The van der Waals surface area contributed by atoms with E-state index in [4.69, 9.17) is 9.97 Å². The molecule has 248 valence electrons. The first-order valence-electron chi connectivity index (χ1n) is 15.2. The second-order valence-corrected chi connectivity index (χ2v) is 14.8. The Morgan fingerprint density at radius 1 is 1.09 bits per heavy atom. The molecule has 0 bridgehead atoms. The van der Waals surface area contributed by atoms with Gasteiger partial charge in [-0.15, -0.1) is 0 Å². The van der Waals surface area contributed by atoms with Crippen molar-refractivity contribution in [1.82, 2.24) is 34.7 Å². The van der Waals surface area contributed by atoms with Crippen LogP contribution in [0, 0.1) is 11.6 Å². The van der Waals surface area contributed by atoms with Crippen LogP contribution in [0.4, 0.5) is 13.9 Å². The summed E-state index contributed by atoms with van der Waals surface area (Å²) in [5.41, 5.74) is 3.01. The molecule has 2 N–H and O–H groups in total. The van der Waals surface area contributed by atoms with E-state index >= 15 is 0 Å². The number of para-hydroxylation sites is 1. The normalized spacial score (nSPS) is 15.2. The van der Waals surface area contributed by atoms with Crippen molar-refractivity contribution in [3.05, 3.63) is 65.4 Å². The van der Waals surface area contributed by atoms with Crippen LogP contribution in [0.2, 0.25) is 0 Å². The topological polar surface area (TPSA) is 125 Å². The number of thiazole rings is 1. The molecule has 47 heavy (non-hydrogen) atoms. The molecule has 6 rings (SSSR count). The number of hydrogen-bond acceptors (Lipinski definition) is 9. The highest BCUT2D eigenvalue weighted by atomic mass is 32.2. The highest BCUT2D eigenvalue weighted by molar-refractivity contribution is 7.89. The van der Waals surface area contributed by atoms with Gasteiger partial charge in [0.2, 0.25) is 5.91 Å². The fourth-order valence-corrected chi connectivity index (χ4v) is 8.18. The number of aromatic nitrogens is 4. The average molecular weight is 683 g/mol. The van der Waals surface area contributed by atoms with Gasteiger partial charge in [-0.1, -0.05) is 23.5 Å². The Kier molecular flexibility index (Phi) is 9.00. The molecule has 0 radical (unpaired) electrons. The van der Waals surface area contributed by atoms with Gasteiger partial charge in [-0.25, -0.2) is 26.9 Å². The molecule has 1 fully saturated rings. The van der Waals surface area contributed by atoms with Gasteiger partial charge >= 0.3 is 0 Å². The van der Waals surface area contributed by atoms with E-state index in [1.54, 1.807) is 19.2 Å². The summed E-state index contributed by atoms with van der Waals surface area (Å²) in [7, 11) is 3.28. The van der Waals surface area contributed by atoms with Crippen molar-refractivity contribution in [2.24, 2.45) is 7.05 Å². The Labute approximate surface area is 275 Å². The highest BCUT2D eigenvalue weighted by Gasteiger charge is 2.28. The maximum absolute atomic E-state index is 14.3. The van der Waals surface area contributed by atoms with Crippen LogP contribution < -0.4 is 14.9 Å². The lowest BCUT2D eigenvalue weighted by molar-refractivity contribution is -0.119. The van der Waals surface area contributed by atoms with E-state index in [0.717, 1.165) is 41.8 Å². The van der Waals surface area contributed by atoms with Crippen LogP contribution in [0.1, 0.15) is 37.1 Å². The fourth-order valence-electron chi connectivity index (χ4n) is 6.30. The Bertz CT molecular complexity index is 2070. The number of anilines is 1. The van der Waals surface area contributed by atoms with Crippen LogP contribution in [-0.2, 0) is 28.3 Å². The summed E-state index contributed by atoms with van der Waals surface area (Å²) in [5, 5.41) is 8.39. The molecule has 1 saturated heterocycles. The minimum atomic E-state index is -3.89. The molecule has 15 heteroatoms. The Morgan fingerprint density at radius 2 is 1.79 bits per heavy atom. The number of rotatable bonds is 9. The van der Waals surface area contributed by atoms with E-state index in [1.165, 1.54) is 42.1 Å². The van der Waals surface area contributed by atoms with E-state index in [0.29, 0.717) is 45.0 Å². The first-order chi connectivity index (χ1) is 22.3. The van der Waals surface area contributed by atoms with Gasteiger partial charge in [0.25, 0.3) is 10.0 Å². The molecule has 0 spiro atoms. The van der Waals surface area contributed by atoms with Crippen molar-refractivity contribution in [3.8, 4) is 11.1 Å². The molecule has 0 aliphatic carbocycles. The van der Waals surface area contributed by atoms with Crippen LogP contribution in [0.15, 0.2) is 47.5 Å². The smallest absolute Gasteiger partial charge is 0.260 e. The van der Waals surface area contributed by atoms with Crippen LogP contribution in [0.25, 0.3) is 32.4 Å². The van der Waals surface area contributed by atoms with Gasteiger partial charge in [0.15, 0.2) is 15.8 Å². The number of carbonyl (C=O) groups is 1. The van der Waals surface area contributed by atoms with Crippen LogP contribution in [0.5, 0.6) is 0 Å². The van der Waals surface area contributed by atoms with E-state index in [1.807, 2.05) is 12.1 Å². The third-order valence-corrected chi connectivity index (χ3v) is 11.0. The predicted molar refractivity (Wildman–Crippen MR) is 179 cm³/mol. The van der Waals surface area contributed by atoms with Crippen LogP contribution in [-0.4, -0.2) is 79.2 Å². The zero-order valence-corrected chi connectivity index (χ0v) is 28.3. The van der Waals surface area contributed by atoms with Gasteiger partial charge in [-0.3, -0.25) is 9.48 Å². The lowest BCUT2D eigenvalue weighted by atomic mass is 9.94. The average Bonchev–Trinajstić information content (AvgIpc) is 3.60. The number of benzene rings is 2. The summed E-state index contributed by atoms with van der Waals surface area (Å²) in [6.07, 6.45) is 2.04. The van der Waals surface area contributed by atoms with Gasteiger partial charge in [-0.05, 0) is 70.2 Å². The molecule has 4 heterocycles. The van der Waals surface area contributed by atoms with Gasteiger partial charge in [0.1, 0.15) is 11.6 Å². The second kappa shape index (κ2) is 12.9. The van der Waals surface area contributed by atoms with Crippen molar-refractivity contribution in [2.45, 2.75) is 43.3 Å². The molecule has 1 atom stereocenters. The van der Waals surface area contributed by atoms with E-state index in [2.05, 4.69) is 39.0 Å². The van der Waals surface area contributed by atoms with E-state index < -0.39 is 27.7 Å². The second-order valence-electron chi connectivity index (χ2n) is 12.0. The molecule has 1 aliphatic rings. The molecule has 11 nitrogen and oxygen atoms in total. The zero-order valence-electron chi connectivity index (χ0n) is 26.7. The summed E-state index contributed by atoms with van der Waals surface area (Å²) in [4.78, 5) is 27.0. The first-order valence-corrected chi connectivity index (χ1v) is 17.5. The number of carbonyl (C=O) groups excluding carboxylic acids is 1. The van der Waals surface area contributed by atoms with Crippen LogP contribution >= 0.6 is 11.3 Å². The van der Waals surface area contributed by atoms with Gasteiger partial charge < -0.3 is 15.1 Å². The minimum absolute atomic E-state index is 0.0373. The third kappa shape index (κ3) is 6.57. The quantitative estimate of drug-likeness (QED) is 0.235. The molecule has 5 aromatic rings. The number of halogens is 2. The highest BCUT2D eigenvalue weighted by Crippen LogP contribution is 2.40. The van der Waals surface area contributed by atoms with Crippen molar-refractivity contribution >= 4 is 53.6 Å². The lowest BCUT2D eigenvalue weighted by Gasteiger charge is -2.34. The van der Waals surface area contributed by atoms with Crippen molar-refractivity contribution in [3.63, 3.8) is 0 Å². The number of aryl methyl sites for hydroxylation is 1. The molecular formula is C32H36F2N8O3S2. The van der Waals surface area contributed by atoms with Crippen LogP contribution in [0.3, 0.4) is 0 Å². The number of pyridine rings is 1. The Morgan fingerprint density at radius 3 is 2.43 bits per heavy atom. The minimum Gasteiger partial charge on any atom is -0.348 e. The molecule has 3 aromatic heterocycles. The van der Waals surface area contributed by atoms with Crippen molar-refractivity contribution in [2.75, 3.05) is 39.1 Å². The van der Waals surface area contributed by atoms with Gasteiger partial charge in [-0.2, -0.15) is 10.1 Å². The molecule has 2 aromatic carbocycles. The number of fused-ring (bicyclic) bond motifs is 2. The number of nitrogens with one attached hydrogen (secondary N) is 2. The Hall–Kier alpha value is -4.05. The monoisotopic (exact) mass is 682 g/mol. The number of piperidine rings is 1. The van der Waals surface area contributed by atoms with Crippen molar-refractivity contribution in [1.29, 1.82) is 0 Å². The molecule has 0 saturated carbocycles. The number of amides is 1. The molecule has 0 unspecified atom stereocenters. The number of sulfonamides is 1. The van der Waals surface area contributed by atoms with E-state index in [9.17, 15) is 22.0 Å². The van der Waals surface area contributed by atoms with E-state index in [-0.39, 0.29) is 17.4 Å². The summed E-state index contributed by atoms with van der Waals surface area (Å²) in [6, 6.07) is 10.2. The number of nitrogens with zero attached hydrogens (tertiary/aromatic N) is 6. The third-order valence-electron chi connectivity index (χ3n) is 8.58. The van der Waals surface area contributed by atoms with Gasteiger partial charge in [0, 0.05) is 55.7 Å². The summed E-state index contributed by atoms with van der Waals surface area (Å²) in [5.74, 6) is -1.82. The summed E-state index contributed by atoms with van der Waals surface area (Å²) >= 11 is 1.51. The maximum Gasteiger partial charge on any atom is 0.260 e. The molecule has 1 amide bonds. The first kappa shape index (κ1) is 32.9. The molecular weight excluding hydrogens is 647 g/mol. The lowest BCUT2D eigenvalue weighted by Crippen LogP contribution is -2.41. The maximum atomic E-state index is 14.3. The predicted octanol–water partition coefficient (Wildman–Crippen LogP) is 4.38. The standard InChI is InChI=1S/C32H36F2N8O3S2/c1-18(43)36-26(15-19-13-20(33)16-21(34)14-19)28-25(23-7-6-8-24-29(23)41(5)39-31(24)47(44,45)35-2)17-27-30(37-28)38-32(46-27)42-11-9-22(10-12-42)40(3)4/h6-8,13-14,16-17,22,26,35H,9-12,15H2,1-5H3,(H,36,43)/t26-/m0/s1. The SMILES string of the molecule is CNS(=O)(=O)c1nn(C)c2c(-c3cc4sc(N5CCC(N(C)C)CC5)nc4nc3[C@H](Cc3cc(F)cc(F)c3)NC(C)=O)cccc12. The summed E-state index contributed by atoms with van der Waals surface area (Å²) < 4.78 is 59.0.